The predicted octanol–water partition coefficient (Wildman–Crippen LogP) is 1.88. The van der Waals surface area contributed by atoms with Gasteiger partial charge >= 0.3 is 11.9 Å². The maximum atomic E-state index is 11.9. The van der Waals surface area contributed by atoms with Crippen LogP contribution in [-0.2, 0) is 30.4 Å². The number of carboxylic acids is 2. The number of fused-ring (bicyclic) bond motifs is 1. The topological polar surface area (TPSA) is 172 Å². The number of nitrogens with zero attached hydrogens (tertiary/aromatic N) is 4. The van der Waals surface area contributed by atoms with E-state index in [0.717, 1.165) is 5.56 Å². The number of halogens is 1. The van der Waals surface area contributed by atoms with Crippen LogP contribution in [0.15, 0.2) is 36.7 Å². The van der Waals surface area contributed by atoms with Gasteiger partial charge in [-0.3, -0.25) is 4.57 Å². The first-order valence-electron chi connectivity index (χ1n) is 10.3. The molecule has 0 bridgehead atoms. The molecule has 4 N–H and O–H groups in total. The monoisotopic (exact) mass is 491 g/mol. The molecule has 1 aromatic carbocycles. The number of aromatic nitrogens is 4. The predicted molar refractivity (Wildman–Crippen MR) is 118 cm³/mol. The van der Waals surface area contributed by atoms with E-state index in [4.69, 9.17) is 31.5 Å². The molecule has 0 aliphatic carbocycles. The van der Waals surface area contributed by atoms with Crippen LogP contribution in [0.1, 0.15) is 24.6 Å². The second-order valence-corrected chi connectivity index (χ2v) is 8.06. The number of benzene rings is 1. The average molecular weight is 492 g/mol. The van der Waals surface area contributed by atoms with E-state index in [1.54, 1.807) is 28.8 Å². The molecule has 1 saturated heterocycles. The molecule has 1 aliphatic heterocycles. The SMILES string of the molecule is Nc1nc(Cl)nc2c1ncn2C1CCC(COC(COCc2ccccc2)(C(=O)O)C(=O)O)O1. The van der Waals surface area contributed by atoms with Crippen molar-refractivity contribution in [2.24, 2.45) is 0 Å². The van der Waals surface area contributed by atoms with Gasteiger partial charge in [-0.25, -0.2) is 14.6 Å². The first kappa shape index (κ1) is 23.8. The first-order valence-corrected chi connectivity index (χ1v) is 10.7. The van der Waals surface area contributed by atoms with E-state index in [9.17, 15) is 19.8 Å². The van der Waals surface area contributed by atoms with E-state index in [1.165, 1.54) is 6.33 Å². The molecule has 0 saturated carbocycles. The maximum Gasteiger partial charge on any atom is 0.350 e. The van der Waals surface area contributed by atoms with Crippen LogP contribution >= 0.6 is 11.6 Å². The van der Waals surface area contributed by atoms with Gasteiger partial charge in [0, 0.05) is 0 Å². The van der Waals surface area contributed by atoms with E-state index < -0.39 is 36.5 Å². The lowest BCUT2D eigenvalue weighted by Gasteiger charge is -2.26. The maximum absolute atomic E-state index is 11.9. The summed E-state index contributed by atoms with van der Waals surface area (Å²) in [5.74, 6) is -3.19. The summed E-state index contributed by atoms with van der Waals surface area (Å²) < 4.78 is 18.4. The number of ether oxygens (including phenoxy) is 3. The van der Waals surface area contributed by atoms with Crippen molar-refractivity contribution in [3.8, 4) is 0 Å². The lowest BCUT2D eigenvalue weighted by Crippen LogP contribution is -2.54. The Morgan fingerprint density at radius 2 is 1.94 bits per heavy atom. The number of nitrogens with two attached hydrogens (primary N) is 1. The molecule has 1 fully saturated rings. The molecule has 0 radical (unpaired) electrons. The van der Waals surface area contributed by atoms with Crippen LogP contribution in [0.5, 0.6) is 0 Å². The highest BCUT2D eigenvalue weighted by molar-refractivity contribution is 6.28. The van der Waals surface area contributed by atoms with Crippen LogP contribution < -0.4 is 5.73 Å². The number of nitrogen functional groups attached to an aromatic ring is 1. The van der Waals surface area contributed by atoms with Crippen LogP contribution in [0.4, 0.5) is 5.82 Å². The second kappa shape index (κ2) is 9.89. The van der Waals surface area contributed by atoms with Gasteiger partial charge in [0.2, 0.25) is 5.28 Å². The van der Waals surface area contributed by atoms with Crippen molar-refractivity contribution >= 4 is 40.5 Å². The number of rotatable bonds is 10. The van der Waals surface area contributed by atoms with Gasteiger partial charge in [-0.2, -0.15) is 9.97 Å². The van der Waals surface area contributed by atoms with Crippen molar-refractivity contribution in [2.75, 3.05) is 18.9 Å². The summed E-state index contributed by atoms with van der Waals surface area (Å²) >= 11 is 5.90. The second-order valence-electron chi connectivity index (χ2n) is 7.72. The molecule has 4 rings (SSSR count). The molecule has 34 heavy (non-hydrogen) atoms. The highest BCUT2D eigenvalue weighted by atomic mass is 35.5. The molecule has 13 heteroatoms. The third-order valence-corrected chi connectivity index (χ3v) is 5.61. The Balaban J connectivity index is 1.41. The van der Waals surface area contributed by atoms with Crippen LogP contribution in [0.25, 0.3) is 11.2 Å². The zero-order valence-electron chi connectivity index (χ0n) is 17.8. The smallest absolute Gasteiger partial charge is 0.350 e. The number of aliphatic carboxylic acids is 2. The average Bonchev–Trinajstić information content (AvgIpc) is 3.43. The van der Waals surface area contributed by atoms with Crippen molar-refractivity contribution in [3.63, 3.8) is 0 Å². The van der Waals surface area contributed by atoms with Crippen molar-refractivity contribution in [1.82, 2.24) is 19.5 Å². The summed E-state index contributed by atoms with van der Waals surface area (Å²) in [5, 5.41) is 19.3. The first-order chi connectivity index (χ1) is 16.3. The quantitative estimate of drug-likeness (QED) is 0.279. The van der Waals surface area contributed by atoms with Crippen molar-refractivity contribution in [3.05, 3.63) is 47.5 Å². The number of hydrogen-bond acceptors (Lipinski definition) is 9. The molecule has 3 heterocycles. The molecule has 1 aliphatic rings. The number of carbonyl (C=O) groups is 2. The summed E-state index contributed by atoms with van der Waals surface area (Å²) in [6.45, 7) is -0.909. The van der Waals surface area contributed by atoms with Crippen molar-refractivity contribution in [1.29, 1.82) is 0 Å². The molecule has 12 nitrogen and oxygen atoms in total. The summed E-state index contributed by atoms with van der Waals surface area (Å²) in [5.41, 5.74) is 4.79. The van der Waals surface area contributed by atoms with Gasteiger partial charge in [0.05, 0.1) is 32.3 Å². The van der Waals surface area contributed by atoms with Gasteiger partial charge < -0.3 is 30.2 Å². The Morgan fingerprint density at radius 1 is 1.21 bits per heavy atom. The van der Waals surface area contributed by atoms with Gasteiger partial charge in [0.15, 0.2) is 11.5 Å². The van der Waals surface area contributed by atoms with Crippen molar-refractivity contribution < 1.29 is 34.0 Å². The van der Waals surface area contributed by atoms with Crippen LogP contribution in [0, 0.1) is 0 Å². The van der Waals surface area contributed by atoms with Crippen molar-refractivity contribution in [2.45, 2.75) is 37.4 Å². The van der Waals surface area contributed by atoms with Gasteiger partial charge in [0.1, 0.15) is 11.7 Å². The number of imidazole rings is 1. The van der Waals surface area contributed by atoms with E-state index in [1.807, 2.05) is 6.07 Å². The molecule has 2 unspecified atom stereocenters. The summed E-state index contributed by atoms with van der Waals surface area (Å²) in [4.78, 5) is 36.0. The lowest BCUT2D eigenvalue weighted by molar-refractivity contribution is -0.197. The minimum Gasteiger partial charge on any atom is -0.479 e. The minimum atomic E-state index is -2.58. The van der Waals surface area contributed by atoms with Crippen LogP contribution in [0.2, 0.25) is 5.28 Å². The fourth-order valence-electron chi connectivity index (χ4n) is 3.64. The lowest BCUT2D eigenvalue weighted by atomic mass is 10.1. The molecule has 2 atom stereocenters. The number of anilines is 1. The Kier molecular flexibility index (Phi) is 6.93. The van der Waals surface area contributed by atoms with E-state index in [-0.39, 0.29) is 24.3 Å². The number of carboxylic acid groups (broad SMARTS) is 2. The molecule has 3 aromatic rings. The molecular formula is C21H22ClN5O7. The Morgan fingerprint density at radius 3 is 2.65 bits per heavy atom. The standard InChI is InChI=1S/C21H22ClN5O7/c22-20-25-16(23)15-17(26-20)27(11-24-15)14-7-6-13(34-14)9-33-21(18(28)29,19(30)31)10-32-8-12-4-2-1-3-5-12/h1-5,11,13-14H,6-10H2,(H,28,29)(H,30,31)(H2,23,25,26). The minimum absolute atomic E-state index is 0.0344. The third kappa shape index (κ3) is 4.80. The molecule has 2 aromatic heterocycles. The normalized spacial score (nSPS) is 18.4. The van der Waals surface area contributed by atoms with Gasteiger partial charge in [-0.05, 0) is 30.0 Å². The number of hydrogen-bond donors (Lipinski definition) is 3. The summed E-state index contributed by atoms with van der Waals surface area (Å²) in [6.07, 6.45) is 1.44. The van der Waals surface area contributed by atoms with E-state index >= 15 is 0 Å². The summed E-state index contributed by atoms with van der Waals surface area (Å²) in [7, 11) is 0. The van der Waals surface area contributed by atoms with Crippen LogP contribution in [0.3, 0.4) is 0 Å². The molecule has 0 amide bonds. The van der Waals surface area contributed by atoms with Gasteiger partial charge in [-0.15, -0.1) is 0 Å². The Hall–Kier alpha value is -3.32. The zero-order valence-corrected chi connectivity index (χ0v) is 18.6. The summed E-state index contributed by atoms with van der Waals surface area (Å²) in [6, 6.07) is 8.97. The Bertz CT molecular complexity index is 1170. The third-order valence-electron chi connectivity index (χ3n) is 5.44. The molecule has 180 valence electrons. The van der Waals surface area contributed by atoms with E-state index in [0.29, 0.717) is 24.0 Å². The molecule has 0 spiro atoms. The van der Waals surface area contributed by atoms with Gasteiger partial charge in [0.25, 0.3) is 5.60 Å². The highest BCUT2D eigenvalue weighted by Gasteiger charge is 2.49. The molecular weight excluding hydrogens is 470 g/mol. The highest BCUT2D eigenvalue weighted by Crippen LogP contribution is 2.32. The fourth-order valence-corrected chi connectivity index (χ4v) is 3.81. The van der Waals surface area contributed by atoms with E-state index in [2.05, 4.69) is 15.0 Å². The Labute approximate surface area is 198 Å². The fraction of sp³-hybridized carbons (Fsp3) is 0.381. The van der Waals surface area contributed by atoms with Crippen LogP contribution in [-0.4, -0.2) is 66.6 Å². The zero-order chi connectivity index (χ0) is 24.3. The largest absolute Gasteiger partial charge is 0.479 e. The van der Waals surface area contributed by atoms with Gasteiger partial charge in [-0.1, -0.05) is 30.3 Å².